The number of amides is 1. The van der Waals surface area contributed by atoms with Crippen LogP contribution in [0.1, 0.15) is 50.3 Å². The Morgan fingerprint density at radius 3 is 2.58 bits per heavy atom. The minimum absolute atomic E-state index is 0.223. The largest absolute Gasteiger partial charge is 0.357 e. The van der Waals surface area contributed by atoms with Crippen LogP contribution in [-0.4, -0.2) is 36.4 Å². The first-order valence-electron chi connectivity index (χ1n) is 11.0. The molecule has 166 valence electrons. The minimum atomic E-state index is -0.258. The second kappa shape index (κ2) is 10.4. The molecule has 1 fully saturated rings. The van der Waals surface area contributed by atoms with Crippen molar-refractivity contribution in [1.82, 2.24) is 15.5 Å². The quantitative estimate of drug-likeness (QED) is 0.498. The van der Waals surface area contributed by atoms with Crippen molar-refractivity contribution in [1.29, 1.82) is 0 Å². The zero-order valence-electron chi connectivity index (χ0n) is 18.7. The Bertz CT molecular complexity index is 925. The molecule has 6 heteroatoms. The van der Waals surface area contributed by atoms with Crippen molar-refractivity contribution in [2.45, 2.75) is 52.1 Å². The van der Waals surface area contributed by atoms with Crippen molar-refractivity contribution in [2.24, 2.45) is 4.99 Å². The summed E-state index contributed by atoms with van der Waals surface area (Å²) in [7, 11) is 0. The highest BCUT2D eigenvalue weighted by Gasteiger charge is 2.22. The van der Waals surface area contributed by atoms with E-state index in [9.17, 15) is 9.18 Å². The molecule has 0 saturated carbocycles. The van der Waals surface area contributed by atoms with E-state index in [1.165, 1.54) is 6.07 Å². The average Bonchev–Trinajstić information content (AvgIpc) is 3.15. The number of aliphatic imine (C=N–C) groups is 1. The van der Waals surface area contributed by atoms with Crippen LogP contribution in [0, 0.1) is 5.82 Å². The number of carbonyl (C=O) groups is 1. The number of carbonyl (C=O) groups excluding carboxylic acids is 1. The number of likely N-dealkylation sites (tertiary alicyclic amines) is 1. The van der Waals surface area contributed by atoms with E-state index in [0.29, 0.717) is 26.1 Å². The van der Waals surface area contributed by atoms with Crippen LogP contribution in [0.4, 0.5) is 4.39 Å². The number of nitrogens with one attached hydrogen (secondary N) is 2. The van der Waals surface area contributed by atoms with Gasteiger partial charge in [-0.15, -0.1) is 0 Å². The van der Waals surface area contributed by atoms with E-state index in [1.54, 1.807) is 12.1 Å². The van der Waals surface area contributed by atoms with Gasteiger partial charge in [0.25, 0.3) is 0 Å². The highest BCUT2D eigenvalue weighted by molar-refractivity contribution is 5.80. The van der Waals surface area contributed by atoms with Crippen molar-refractivity contribution >= 4 is 11.9 Å². The van der Waals surface area contributed by atoms with Crippen LogP contribution in [0.25, 0.3) is 0 Å². The van der Waals surface area contributed by atoms with Gasteiger partial charge in [-0.05, 0) is 42.2 Å². The fraction of sp³-hybridized carbons (Fsp3) is 0.440. The molecule has 1 heterocycles. The van der Waals surface area contributed by atoms with Gasteiger partial charge in [0.15, 0.2) is 5.96 Å². The van der Waals surface area contributed by atoms with Gasteiger partial charge >= 0.3 is 0 Å². The lowest BCUT2D eigenvalue weighted by Crippen LogP contribution is -2.43. The molecule has 0 aromatic heterocycles. The second-order valence-corrected chi connectivity index (χ2v) is 8.63. The lowest BCUT2D eigenvalue weighted by atomic mass is 9.84. The van der Waals surface area contributed by atoms with Crippen molar-refractivity contribution in [3.05, 3.63) is 71.0 Å². The van der Waals surface area contributed by atoms with Crippen LogP contribution in [0.5, 0.6) is 0 Å². The van der Waals surface area contributed by atoms with Gasteiger partial charge in [-0.3, -0.25) is 4.79 Å². The molecule has 0 aliphatic carbocycles. The maximum atomic E-state index is 13.7. The summed E-state index contributed by atoms with van der Waals surface area (Å²) in [6, 6.07) is 14.9. The first-order valence-corrected chi connectivity index (χ1v) is 11.0. The fourth-order valence-electron chi connectivity index (χ4n) is 3.76. The topological polar surface area (TPSA) is 56.7 Å². The molecule has 0 unspecified atom stereocenters. The summed E-state index contributed by atoms with van der Waals surface area (Å²) in [5.74, 6) is 0.728. The predicted octanol–water partition coefficient (Wildman–Crippen LogP) is 3.98. The molecule has 31 heavy (non-hydrogen) atoms. The van der Waals surface area contributed by atoms with Crippen LogP contribution < -0.4 is 10.6 Å². The highest BCUT2D eigenvalue weighted by Crippen LogP contribution is 2.23. The standard InChI is InChI=1S/C25H33FN4O/c1-4-27-24(29-18-25(2,3)21-11-7-12-22(26)15-21)28-16-19-9-5-6-10-20(19)17-30-14-8-13-23(30)31/h5-7,9-12,15H,4,8,13-14,16-18H2,1-3H3,(H2,27,28,29). The molecule has 5 nitrogen and oxygen atoms in total. The average molecular weight is 425 g/mol. The monoisotopic (exact) mass is 424 g/mol. The molecular weight excluding hydrogens is 391 g/mol. The molecular formula is C25H33FN4O. The second-order valence-electron chi connectivity index (χ2n) is 8.63. The minimum Gasteiger partial charge on any atom is -0.357 e. The summed E-state index contributed by atoms with van der Waals surface area (Å²) in [5.41, 5.74) is 2.93. The van der Waals surface area contributed by atoms with Crippen LogP contribution in [0.15, 0.2) is 53.5 Å². The molecule has 1 saturated heterocycles. The van der Waals surface area contributed by atoms with Gasteiger partial charge in [-0.2, -0.15) is 0 Å². The number of halogens is 1. The third-order valence-electron chi connectivity index (χ3n) is 5.71. The number of benzene rings is 2. The van der Waals surface area contributed by atoms with Crippen molar-refractivity contribution in [3.63, 3.8) is 0 Å². The third kappa shape index (κ3) is 6.29. The van der Waals surface area contributed by atoms with E-state index in [2.05, 4.69) is 36.6 Å². The molecule has 2 aromatic carbocycles. The van der Waals surface area contributed by atoms with Crippen LogP contribution >= 0.6 is 0 Å². The van der Waals surface area contributed by atoms with Crippen LogP contribution in [0.3, 0.4) is 0 Å². The maximum absolute atomic E-state index is 13.7. The number of hydrogen-bond acceptors (Lipinski definition) is 2. The van der Waals surface area contributed by atoms with Gasteiger partial charge in [0.1, 0.15) is 5.82 Å². The number of guanidine groups is 1. The van der Waals surface area contributed by atoms with E-state index < -0.39 is 0 Å². The first kappa shape index (κ1) is 22.8. The summed E-state index contributed by atoms with van der Waals surface area (Å²) in [5, 5.41) is 6.69. The molecule has 2 N–H and O–H groups in total. The molecule has 0 atom stereocenters. The molecule has 1 aliphatic heterocycles. The summed E-state index contributed by atoms with van der Waals surface area (Å²) in [6.45, 7) is 9.55. The maximum Gasteiger partial charge on any atom is 0.222 e. The Kier molecular flexibility index (Phi) is 7.66. The zero-order valence-corrected chi connectivity index (χ0v) is 18.7. The summed E-state index contributed by atoms with van der Waals surface area (Å²) >= 11 is 0. The van der Waals surface area contributed by atoms with Crippen LogP contribution in [-0.2, 0) is 23.3 Å². The van der Waals surface area contributed by atoms with Gasteiger partial charge < -0.3 is 15.5 Å². The molecule has 1 aliphatic rings. The highest BCUT2D eigenvalue weighted by atomic mass is 19.1. The van der Waals surface area contributed by atoms with E-state index in [1.807, 2.05) is 30.0 Å². The molecule has 0 spiro atoms. The van der Waals surface area contributed by atoms with Crippen molar-refractivity contribution < 1.29 is 9.18 Å². The Morgan fingerprint density at radius 2 is 1.90 bits per heavy atom. The normalized spacial score (nSPS) is 14.8. The van der Waals surface area contributed by atoms with Crippen LogP contribution in [0.2, 0.25) is 0 Å². The Hall–Kier alpha value is -2.89. The zero-order chi connectivity index (χ0) is 22.3. The third-order valence-corrected chi connectivity index (χ3v) is 5.71. The summed E-state index contributed by atoms with van der Waals surface area (Å²) in [4.78, 5) is 18.7. The predicted molar refractivity (Wildman–Crippen MR) is 123 cm³/mol. The Labute approximate surface area is 184 Å². The lowest BCUT2D eigenvalue weighted by molar-refractivity contribution is -0.128. The van der Waals surface area contributed by atoms with Gasteiger partial charge in [-0.25, -0.2) is 9.38 Å². The van der Waals surface area contributed by atoms with Gasteiger partial charge in [0.05, 0.1) is 6.54 Å². The molecule has 2 aromatic rings. The van der Waals surface area contributed by atoms with Crippen molar-refractivity contribution in [2.75, 3.05) is 19.6 Å². The molecule has 0 radical (unpaired) electrons. The number of hydrogen-bond donors (Lipinski definition) is 2. The van der Waals surface area contributed by atoms with Gasteiger partial charge in [-0.1, -0.05) is 50.2 Å². The SMILES string of the molecule is CCNC(=NCc1ccccc1CN1CCCC1=O)NCC(C)(C)c1cccc(F)c1. The Morgan fingerprint density at radius 1 is 1.13 bits per heavy atom. The van der Waals surface area contributed by atoms with E-state index >= 15 is 0 Å². The van der Waals surface area contributed by atoms with Crippen molar-refractivity contribution in [3.8, 4) is 0 Å². The molecule has 1 amide bonds. The van der Waals surface area contributed by atoms with E-state index in [4.69, 9.17) is 4.99 Å². The van der Waals surface area contributed by atoms with Gasteiger partial charge in [0, 0.05) is 38.0 Å². The van der Waals surface area contributed by atoms with E-state index in [0.717, 1.165) is 42.2 Å². The lowest BCUT2D eigenvalue weighted by Gasteiger charge is -2.27. The van der Waals surface area contributed by atoms with Gasteiger partial charge in [0.2, 0.25) is 5.91 Å². The first-order chi connectivity index (χ1) is 14.9. The molecule has 0 bridgehead atoms. The molecule has 3 rings (SSSR count). The fourth-order valence-corrected chi connectivity index (χ4v) is 3.76. The van der Waals surface area contributed by atoms with E-state index in [-0.39, 0.29) is 17.1 Å². The summed E-state index contributed by atoms with van der Waals surface area (Å²) < 4.78 is 13.7. The number of rotatable bonds is 8. The number of nitrogens with zero attached hydrogens (tertiary/aromatic N) is 2. The summed E-state index contributed by atoms with van der Waals surface area (Å²) in [6.07, 6.45) is 1.59. The Balaban J connectivity index is 1.68. The smallest absolute Gasteiger partial charge is 0.222 e.